The summed E-state index contributed by atoms with van der Waals surface area (Å²) in [4.78, 5) is 23.6. The lowest BCUT2D eigenvalue weighted by molar-refractivity contribution is -0.134. The van der Waals surface area contributed by atoms with Gasteiger partial charge in [0.2, 0.25) is 5.91 Å². The Bertz CT molecular complexity index is 546. The van der Waals surface area contributed by atoms with Crippen LogP contribution in [0.25, 0.3) is 0 Å². The van der Waals surface area contributed by atoms with E-state index >= 15 is 0 Å². The van der Waals surface area contributed by atoms with Gasteiger partial charge in [-0.3, -0.25) is 9.59 Å². The molecule has 0 aromatic carbocycles. The van der Waals surface area contributed by atoms with E-state index in [1.165, 1.54) is 0 Å². The van der Waals surface area contributed by atoms with Crippen molar-refractivity contribution in [3.63, 3.8) is 0 Å². The van der Waals surface area contributed by atoms with Gasteiger partial charge < -0.3 is 24.8 Å². The molecule has 0 rings (SSSR count). The fourth-order valence-corrected chi connectivity index (χ4v) is 2.48. The first-order valence-corrected chi connectivity index (χ1v) is 12.3. The minimum Gasteiger partial charge on any atom is -0.375 e. The second-order valence-electron chi connectivity index (χ2n) is 11.4. The van der Waals surface area contributed by atoms with Gasteiger partial charge in [0.05, 0.1) is 24.4 Å². The van der Waals surface area contributed by atoms with Gasteiger partial charge in [0, 0.05) is 17.5 Å². The van der Waals surface area contributed by atoms with Gasteiger partial charge in [-0.25, -0.2) is 0 Å². The smallest absolute Gasteiger partial charge is 0.246 e. The highest BCUT2D eigenvalue weighted by atomic mass is 16.5. The second kappa shape index (κ2) is 15.8. The number of ketones is 1. The average molecular weight is 475 g/mol. The molecule has 198 valence electrons. The molecule has 0 atom stereocenters. The van der Waals surface area contributed by atoms with Crippen molar-refractivity contribution in [1.82, 2.24) is 10.6 Å². The lowest BCUT2D eigenvalue weighted by Gasteiger charge is -2.31. The Morgan fingerprint density at radius 2 is 1.21 bits per heavy atom. The SMILES string of the molecule is CC.CC(C)(C)NCCC(C)(C)OCCC(C)(C)OCCNC(=O)COCC(=O)C(C)(C)C. The van der Waals surface area contributed by atoms with Crippen LogP contribution in [0.2, 0.25) is 0 Å². The molecule has 0 aliphatic rings. The Hall–Kier alpha value is -1.02. The molecule has 2 N–H and O–H groups in total. The molecule has 1 amide bonds. The maximum atomic E-state index is 11.8. The molecule has 0 aliphatic heterocycles. The highest BCUT2D eigenvalue weighted by Crippen LogP contribution is 2.19. The van der Waals surface area contributed by atoms with E-state index in [1.807, 2.05) is 48.5 Å². The summed E-state index contributed by atoms with van der Waals surface area (Å²) in [5, 5.41) is 6.23. The van der Waals surface area contributed by atoms with Gasteiger partial charge in [-0.2, -0.15) is 0 Å². The topological polar surface area (TPSA) is 85.9 Å². The lowest BCUT2D eigenvalue weighted by atomic mass is 9.91. The largest absolute Gasteiger partial charge is 0.375 e. The molecule has 0 aromatic heterocycles. The Kier molecular flexibility index (Phi) is 16.4. The maximum absolute atomic E-state index is 11.8. The van der Waals surface area contributed by atoms with Crippen LogP contribution in [0, 0.1) is 5.41 Å². The molecule has 0 saturated carbocycles. The predicted octanol–water partition coefficient (Wildman–Crippen LogP) is 4.52. The first-order valence-electron chi connectivity index (χ1n) is 12.3. The molecule has 0 heterocycles. The number of ether oxygens (including phenoxy) is 3. The second-order valence-corrected chi connectivity index (χ2v) is 11.4. The number of carbonyl (C=O) groups is 2. The predicted molar refractivity (Wildman–Crippen MR) is 137 cm³/mol. The number of hydrogen-bond acceptors (Lipinski definition) is 6. The summed E-state index contributed by atoms with van der Waals surface area (Å²) < 4.78 is 17.2. The molecular formula is C26H54N2O5. The maximum Gasteiger partial charge on any atom is 0.246 e. The van der Waals surface area contributed by atoms with Crippen molar-refractivity contribution in [1.29, 1.82) is 0 Å². The molecule has 0 bridgehead atoms. The van der Waals surface area contributed by atoms with Crippen LogP contribution < -0.4 is 10.6 Å². The molecule has 0 fully saturated rings. The zero-order chi connectivity index (χ0) is 26.3. The molecule has 0 unspecified atom stereocenters. The third kappa shape index (κ3) is 21.3. The van der Waals surface area contributed by atoms with E-state index < -0.39 is 5.41 Å². The molecule has 0 saturated heterocycles. The number of carbonyl (C=O) groups excluding carboxylic acids is 2. The van der Waals surface area contributed by atoms with E-state index in [9.17, 15) is 9.59 Å². The van der Waals surface area contributed by atoms with Gasteiger partial charge >= 0.3 is 0 Å². The summed E-state index contributed by atoms with van der Waals surface area (Å²) in [6.45, 7) is 26.3. The molecule has 0 aliphatic carbocycles. The van der Waals surface area contributed by atoms with Gasteiger partial charge in [-0.1, -0.05) is 34.6 Å². The fraction of sp³-hybridized carbons (Fsp3) is 0.923. The van der Waals surface area contributed by atoms with Crippen LogP contribution in [0.4, 0.5) is 0 Å². The molecule has 33 heavy (non-hydrogen) atoms. The third-order valence-corrected chi connectivity index (χ3v) is 4.80. The summed E-state index contributed by atoms with van der Waals surface area (Å²) >= 11 is 0. The molecule has 7 nitrogen and oxygen atoms in total. The summed E-state index contributed by atoms with van der Waals surface area (Å²) in [5.74, 6) is -0.279. The first kappa shape index (κ1) is 34.1. The minimum absolute atomic E-state index is 0.0266. The number of nitrogens with one attached hydrogen (secondary N) is 2. The van der Waals surface area contributed by atoms with Gasteiger partial charge in [0.1, 0.15) is 13.2 Å². The Morgan fingerprint density at radius 3 is 1.73 bits per heavy atom. The molecule has 0 radical (unpaired) electrons. The molecule has 0 spiro atoms. The highest BCUT2D eigenvalue weighted by Gasteiger charge is 2.24. The van der Waals surface area contributed by atoms with E-state index in [0.29, 0.717) is 19.8 Å². The Labute approximate surface area is 204 Å². The monoisotopic (exact) mass is 474 g/mol. The molecule has 7 heteroatoms. The zero-order valence-corrected chi connectivity index (χ0v) is 23.7. The summed E-state index contributed by atoms with van der Waals surface area (Å²) in [6, 6.07) is 0. The van der Waals surface area contributed by atoms with Crippen LogP contribution in [0.5, 0.6) is 0 Å². The van der Waals surface area contributed by atoms with E-state index in [-0.39, 0.29) is 41.6 Å². The highest BCUT2D eigenvalue weighted by molar-refractivity contribution is 5.85. The molecule has 0 aromatic rings. The molecular weight excluding hydrogens is 420 g/mol. The van der Waals surface area contributed by atoms with Crippen molar-refractivity contribution < 1.29 is 23.8 Å². The van der Waals surface area contributed by atoms with Crippen molar-refractivity contribution in [2.75, 3.05) is 39.5 Å². The third-order valence-electron chi connectivity index (χ3n) is 4.80. The van der Waals surface area contributed by atoms with Crippen molar-refractivity contribution in [3.05, 3.63) is 0 Å². The summed E-state index contributed by atoms with van der Waals surface area (Å²) in [7, 11) is 0. The van der Waals surface area contributed by atoms with Crippen molar-refractivity contribution in [2.24, 2.45) is 5.41 Å². The van der Waals surface area contributed by atoms with Gasteiger partial charge in [0.15, 0.2) is 5.78 Å². The summed E-state index contributed by atoms with van der Waals surface area (Å²) in [6.07, 6.45) is 1.69. The summed E-state index contributed by atoms with van der Waals surface area (Å²) in [5.41, 5.74) is -0.897. The normalized spacial score (nSPS) is 12.7. The van der Waals surface area contributed by atoms with E-state index in [4.69, 9.17) is 14.2 Å². The number of hydrogen-bond donors (Lipinski definition) is 2. The Morgan fingerprint density at radius 1 is 0.697 bits per heavy atom. The van der Waals surface area contributed by atoms with E-state index in [0.717, 1.165) is 19.4 Å². The number of rotatable bonds is 15. The van der Waals surface area contributed by atoms with Crippen LogP contribution >= 0.6 is 0 Å². The minimum atomic E-state index is -0.460. The van der Waals surface area contributed by atoms with Crippen LogP contribution in [-0.2, 0) is 23.8 Å². The van der Waals surface area contributed by atoms with Crippen molar-refractivity contribution in [3.8, 4) is 0 Å². The van der Waals surface area contributed by atoms with Gasteiger partial charge in [-0.05, 0) is 67.9 Å². The van der Waals surface area contributed by atoms with E-state index in [2.05, 4.69) is 45.3 Å². The van der Waals surface area contributed by atoms with Crippen LogP contribution in [0.3, 0.4) is 0 Å². The quantitative estimate of drug-likeness (QED) is 0.339. The van der Waals surface area contributed by atoms with Crippen molar-refractivity contribution in [2.45, 2.75) is 113 Å². The van der Waals surface area contributed by atoms with Crippen LogP contribution in [0.1, 0.15) is 95.9 Å². The number of Topliss-reactive ketones (excluding diaryl/α,β-unsaturated/α-hetero) is 1. The van der Waals surface area contributed by atoms with Gasteiger partial charge in [0.25, 0.3) is 0 Å². The van der Waals surface area contributed by atoms with Crippen LogP contribution in [0.15, 0.2) is 0 Å². The van der Waals surface area contributed by atoms with E-state index in [1.54, 1.807) is 0 Å². The zero-order valence-electron chi connectivity index (χ0n) is 23.7. The van der Waals surface area contributed by atoms with Crippen molar-refractivity contribution >= 4 is 11.7 Å². The van der Waals surface area contributed by atoms with Gasteiger partial charge in [-0.15, -0.1) is 0 Å². The average Bonchev–Trinajstić information content (AvgIpc) is 2.64. The Balaban J connectivity index is 0. The first-order chi connectivity index (χ1) is 14.9. The number of amides is 1. The van der Waals surface area contributed by atoms with Crippen LogP contribution in [-0.4, -0.2) is 67.9 Å². The lowest BCUT2D eigenvalue weighted by Crippen LogP contribution is -2.40. The standard InChI is InChI=1S/C24H48N2O5.C2H6/c1-21(2,3)19(27)17-29-18-20(28)25-14-16-31-24(9,10)12-15-30-23(7,8)11-13-26-22(4,5)6;1-2/h26H,11-18H2,1-10H3,(H,25,28);1-2H3. The fourth-order valence-electron chi connectivity index (χ4n) is 2.48.